The molecule has 0 saturated carbocycles. The molecule has 0 aromatic carbocycles. The first kappa shape index (κ1) is 15.3. The van der Waals surface area contributed by atoms with Crippen LogP contribution in [-0.2, 0) is 21.7 Å². The van der Waals surface area contributed by atoms with E-state index in [1.165, 1.54) is 11.1 Å². The summed E-state index contributed by atoms with van der Waals surface area (Å²) in [4.78, 5) is 18.4. The lowest BCUT2D eigenvalue weighted by molar-refractivity contribution is -0.0802. The number of carbonyl (C=O) groups excluding carboxylic acids is 1. The lowest BCUT2D eigenvalue weighted by Gasteiger charge is -2.39. The highest BCUT2D eigenvalue weighted by atomic mass is 16.6. The summed E-state index contributed by atoms with van der Waals surface area (Å²) >= 11 is 0. The molecule has 0 unspecified atom stereocenters. The van der Waals surface area contributed by atoms with Gasteiger partial charge in [0.25, 0.3) is 0 Å². The first-order valence-electron chi connectivity index (χ1n) is 7.88. The molecule has 0 N–H and O–H groups in total. The highest BCUT2D eigenvalue weighted by molar-refractivity contribution is 5.68. The number of likely N-dealkylation sites (tertiary alicyclic amines) is 1. The van der Waals surface area contributed by atoms with Crippen molar-refractivity contribution in [3.05, 3.63) is 29.1 Å². The predicted molar refractivity (Wildman–Crippen MR) is 82.5 cm³/mol. The van der Waals surface area contributed by atoms with Crippen LogP contribution >= 0.6 is 0 Å². The number of hydrogen-bond acceptors (Lipinski definition) is 4. The van der Waals surface area contributed by atoms with Crippen molar-refractivity contribution >= 4 is 6.09 Å². The number of ether oxygens (including phenoxy) is 2. The van der Waals surface area contributed by atoms with E-state index in [4.69, 9.17) is 9.47 Å². The maximum absolute atomic E-state index is 12.2. The van der Waals surface area contributed by atoms with Crippen molar-refractivity contribution in [2.45, 2.75) is 58.3 Å². The van der Waals surface area contributed by atoms with Gasteiger partial charge >= 0.3 is 6.09 Å². The summed E-state index contributed by atoms with van der Waals surface area (Å²) < 4.78 is 11.6. The number of hydrogen-bond donors (Lipinski definition) is 0. The number of aromatic nitrogens is 1. The standard InChI is InChI=1S/C17H24N2O3/c1-12-5-8-18-13-11-21-17(14(12)13)6-9-19(10-7-17)15(20)22-16(2,3)4/h5,8H,6-7,9-11H2,1-4H3. The Morgan fingerprint density at radius 3 is 2.68 bits per heavy atom. The smallest absolute Gasteiger partial charge is 0.410 e. The van der Waals surface area contributed by atoms with Gasteiger partial charge in [-0.3, -0.25) is 4.98 Å². The lowest BCUT2D eigenvalue weighted by atomic mass is 9.83. The highest BCUT2D eigenvalue weighted by Crippen LogP contribution is 2.44. The van der Waals surface area contributed by atoms with E-state index in [1.54, 1.807) is 4.90 Å². The van der Waals surface area contributed by atoms with Crippen molar-refractivity contribution in [2.75, 3.05) is 13.1 Å². The van der Waals surface area contributed by atoms with Crippen LogP contribution in [0.2, 0.25) is 0 Å². The minimum absolute atomic E-state index is 0.233. The number of piperidine rings is 1. The number of fused-ring (bicyclic) bond motifs is 2. The summed E-state index contributed by atoms with van der Waals surface area (Å²) in [6.07, 6.45) is 3.20. The van der Waals surface area contributed by atoms with Crippen LogP contribution in [0.3, 0.4) is 0 Å². The molecule has 0 bridgehead atoms. The minimum atomic E-state index is -0.455. The molecule has 120 valence electrons. The van der Waals surface area contributed by atoms with Crippen molar-refractivity contribution < 1.29 is 14.3 Å². The first-order chi connectivity index (χ1) is 10.3. The molecule has 22 heavy (non-hydrogen) atoms. The molecule has 1 amide bonds. The summed E-state index contributed by atoms with van der Waals surface area (Å²) in [6, 6.07) is 2.04. The Labute approximate surface area is 131 Å². The maximum Gasteiger partial charge on any atom is 0.410 e. The summed E-state index contributed by atoms with van der Waals surface area (Å²) in [6.45, 7) is 9.66. The molecule has 5 heteroatoms. The molecule has 0 aliphatic carbocycles. The van der Waals surface area contributed by atoms with Crippen molar-refractivity contribution in [1.29, 1.82) is 0 Å². The van der Waals surface area contributed by atoms with Crippen LogP contribution in [0.5, 0.6) is 0 Å². The molecular formula is C17H24N2O3. The van der Waals surface area contributed by atoms with Crippen LogP contribution < -0.4 is 0 Å². The number of aryl methyl sites for hydroxylation is 1. The van der Waals surface area contributed by atoms with E-state index in [0.717, 1.165) is 18.5 Å². The topological polar surface area (TPSA) is 51.7 Å². The quantitative estimate of drug-likeness (QED) is 0.739. The van der Waals surface area contributed by atoms with Crippen molar-refractivity contribution in [3.8, 4) is 0 Å². The fourth-order valence-electron chi connectivity index (χ4n) is 3.40. The van der Waals surface area contributed by atoms with E-state index < -0.39 is 5.60 Å². The zero-order valence-electron chi connectivity index (χ0n) is 13.8. The van der Waals surface area contributed by atoms with Gasteiger partial charge < -0.3 is 14.4 Å². The Morgan fingerprint density at radius 2 is 2.05 bits per heavy atom. The summed E-state index contributed by atoms with van der Waals surface area (Å²) in [5.41, 5.74) is 2.79. The van der Waals surface area contributed by atoms with Crippen LogP contribution in [0.15, 0.2) is 12.3 Å². The van der Waals surface area contributed by atoms with Crippen LogP contribution in [0.1, 0.15) is 50.4 Å². The van der Waals surface area contributed by atoms with E-state index in [1.807, 2.05) is 33.0 Å². The molecule has 1 aromatic heterocycles. The van der Waals surface area contributed by atoms with E-state index in [9.17, 15) is 4.79 Å². The molecule has 3 rings (SSSR count). The van der Waals surface area contributed by atoms with E-state index in [0.29, 0.717) is 19.7 Å². The highest BCUT2D eigenvalue weighted by Gasteiger charge is 2.45. The molecule has 2 aliphatic heterocycles. The second kappa shape index (κ2) is 5.23. The van der Waals surface area contributed by atoms with Gasteiger partial charge in [0.05, 0.1) is 17.9 Å². The average Bonchev–Trinajstić information content (AvgIpc) is 2.78. The van der Waals surface area contributed by atoms with Crippen LogP contribution in [0, 0.1) is 6.92 Å². The van der Waals surface area contributed by atoms with Crippen molar-refractivity contribution in [2.24, 2.45) is 0 Å². The maximum atomic E-state index is 12.2. The van der Waals surface area contributed by atoms with Gasteiger partial charge in [0.2, 0.25) is 0 Å². The Balaban J connectivity index is 1.72. The van der Waals surface area contributed by atoms with Crippen molar-refractivity contribution in [1.82, 2.24) is 9.88 Å². The third kappa shape index (κ3) is 2.70. The van der Waals surface area contributed by atoms with Gasteiger partial charge in [0.1, 0.15) is 5.60 Å². The van der Waals surface area contributed by atoms with Gasteiger partial charge in [-0.25, -0.2) is 4.79 Å². The lowest BCUT2D eigenvalue weighted by Crippen LogP contribution is -2.47. The van der Waals surface area contributed by atoms with Gasteiger partial charge in [0, 0.05) is 24.8 Å². The number of pyridine rings is 1. The average molecular weight is 304 g/mol. The molecule has 1 aromatic rings. The third-order valence-corrected chi connectivity index (χ3v) is 4.40. The van der Waals surface area contributed by atoms with Gasteiger partial charge in [-0.15, -0.1) is 0 Å². The monoisotopic (exact) mass is 304 g/mol. The summed E-state index contributed by atoms with van der Waals surface area (Å²) in [5, 5.41) is 0. The Morgan fingerprint density at radius 1 is 1.36 bits per heavy atom. The Bertz CT molecular complexity index is 584. The molecule has 5 nitrogen and oxygen atoms in total. The van der Waals surface area contributed by atoms with Gasteiger partial charge in [-0.05, 0) is 52.2 Å². The summed E-state index contributed by atoms with van der Waals surface area (Å²) in [5.74, 6) is 0. The fraction of sp³-hybridized carbons (Fsp3) is 0.647. The van der Waals surface area contributed by atoms with E-state index in [2.05, 4.69) is 11.9 Å². The second-order valence-corrected chi connectivity index (χ2v) is 7.20. The number of amides is 1. The van der Waals surface area contributed by atoms with E-state index >= 15 is 0 Å². The SMILES string of the molecule is Cc1ccnc2c1C1(CCN(C(=O)OC(C)(C)C)CC1)OC2. The van der Waals surface area contributed by atoms with Gasteiger partial charge in [-0.2, -0.15) is 0 Å². The van der Waals surface area contributed by atoms with Crippen LogP contribution in [-0.4, -0.2) is 34.7 Å². The first-order valence-corrected chi connectivity index (χ1v) is 7.88. The zero-order chi connectivity index (χ0) is 16.0. The molecule has 0 atom stereocenters. The molecule has 0 radical (unpaired) electrons. The predicted octanol–water partition coefficient (Wildman–Crippen LogP) is 3.15. The van der Waals surface area contributed by atoms with Crippen molar-refractivity contribution in [3.63, 3.8) is 0 Å². The second-order valence-electron chi connectivity index (χ2n) is 7.20. The molecular weight excluding hydrogens is 280 g/mol. The van der Waals surface area contributed by atoms with Gasteiger partial charge in [0.15, 0.2) is 0 Å². The van der Waals surface area contributed by atoms with Crippen LogP contribution in [0.4, 0.5) is 4.79 Å². The molecule has 2 aliphatic rings. The largest absolute Gasteiger partial charge is 0.444 e. The Hall–Kier alpha value is -1.62. The Kier molecular flexibility index (Phi) is 3.63. The molecule has 1 spiro atoms. The molecule has 3 heterocycles. The number of nitrogens with zero attached hydrogens (tertiary/aromatic N) is 2. The minimum Gasteiger partial charge on any atom is -0.444 e. The molecule has 1 saturated heterocycles. The number of rotatable bonds is 0. The van der Waals surface area contributed by atoms with Gasteiger partial charge in [-0.1, -0.05) is 0 Å². The third-order valence-electron chi connectivity index (χ3n) is 4.40. The summed E-state index contributed by atoms with van der Waals surface area (Å²) in [7, 11) is 0. The fourth-order valence-corrected chi connectivity index (χ4v) is 3.40. The number of carbonyl (C=O) groups is 1. The normalized spacial score (nSPS) is 20.1. The zero-order valence-corrected chi connectivity index (χ0v) is 13.8. The van der Waals surface area contributed by atoms with E-state index in [-0.39, 0.29) is 11.7 Å². The van der Waals surface area contributed by atoms with Crippen LogP contribution in [0.25, 0.3) is 0 Å². The molecule has 1 fully saturated rings.